The van der Waals surface area contributed by atoms with Crippen molar-refractivity contribution in [3.8, 4) is 0 Å². The number of carbonyl (C=O) groups is 1. The quantitative estimate of drug-likeness (QED) is 0.804. The summed E-state index contributed by atoms with van der Waals surface area (Å²) >= 11 is 0. The van der Waals surface area contributed by atoms with Gasteiger partial charge in [0.15, 0.2) is 0 Å². The molecule has 1 fully saturated rings. The molecule has 17 heavy (non-hydrogen) atoms. The van der Waals surface area contributed by atoms with Crippen molar-refractivity contribution in [3.63, 3.8) is 0 Å². The second kappa shape index (κ2) is 5.27. The summed E-state index contributed by atoms with van der Waals surface area (Å²) in [4.78, 5) is 16.4. The van der Waals surface area contributed by atoms with E-state index in [-0.39, 0.29) is 13.0 Å². The third-order valence-electron chi connectivity index (χ3n) is 2.76. The third-order valence-corrected chi connectivity index (χ3v) is 2.76. The average molecular weight is 237 g/mol. The molecular formula is C12H15NO4. The van der Waals surface area contributed by atoms with Gasteiger partial charge in [0.25, 0.3) is 0 Å². The van der Waals surface area contributed by atoms with Gasteiger partial charge in [-0.2, -0.15) is 5.06 Å². The van der Waals surface area contributed by atoms with Crippen LogP contribution < -0.4 is 0 Å². The van der Waals surface area contributed by atoms with Gasteiger partial charge in [-0.15, -0.1) is 0 Å². The number of benzene rings is 1. The molecule has 1 aliphatic rings. The zero-order valence-corrected chi connectivity index (χ0v) is 9.32. The SMILES string of the molecule is O=C(O)[C@@H]1CC(O)CN1OCc1ccccc1. The summed E-state index contributed by atoms with van der Waals surface area (Å²) in [5.74, 6) is -0.963. The highest BCUT2D eigenvalue weighted by atomic mass is 16.7. The van der Waals surface area contributed by atoms with Crippen LogP contribution in [0.25, 0.3) is 0 Å². The number of β-amino-alcohol motifs (C(OH)–C–C–N with tert-alkyl or cyclic N) is 1. The highest BCUT2D eigenvalue weighted by molar-refractivity contribution is 5.73. The van der Waals surface area contributed by atoms with E-state index in [4.69, 9.17) is 9.94 Å². The predicted molar refractivity (Wildman–Crippen MR) is 60.0 cm³/mol. The number of carboxylic acids is 1. The van der Waals surface area contributed by atoms with Crippen LogP contribution >= 0.6 is 0 Å². The van der Waals surface area contributed by atoms with Crippen molar-refractivity contribution in [2.45, 2.75) is 25.2 Å². The summed E-state index contributed by atoms with van der Waals surface area (Å²) in [6.45, 7) is 0.557. The standard InChI is InChI=1S/C12H15NO4/c14-10-6-11(12(15)16)13(7-10)17-8-9-4-2-1-3-5-9/h1-5,10-11,14H,6-8H2,(H,15,16)/t10?,11-/m0/s1. The van der Waals surface area contributed by atoms with Crippen LogP contribution in [0.3, 0.4) is 0 Å². The molecule has 1 aromatic rings. The van der Waals surface area contributed by atoms with Crippen LogP contribution in [-0.4, -0.2) is 39.9 Å². The molecule has 1 heterocycles. The van der Waals surface area contributed by atoms with E-state index >= 15 is 0 Å². The van der Waals surface area contributed by atoms with E-state index < -0.39 is 18.1 Å². The van der Waals surface area contributed by atoms with Crippen LogP contribution in [0.5, 0.6) is 0 Å². The summed E-state index contributed by atoms with van der Waals surface area (Å²) in [5, 5.41) is 19.7. The molecule has 0 saturated carbocycles. The molecule has 0 aliphatic carbocycles. The van der Waals surface area contributed by atoms with Crippen molar-refractivity contribution >= 4 is 5.97 Å². The number of hydrogen-bond acceptors (Lipinski definition) is 4. The van der Waals surface area contributed by atoms with Crippen LogP contribution in [0, 0.1) is 0 Å². The molecule has 0 aromatic heterocycles. The number of carboxylic acid groups (broad SMARTS) is 1. The average Bonchev–Trinajstić information content (AvgIpc) is 2.69. The fourth-order valence-electron chi connectivity index (χ4n) is 1.88. The number of aliphatic carboxylic acids is 1. The third kappa shape index (κ3) is 3.03. The first-order valence-corrected chi connectivity index (χ1v) is 5.51. The Morgan fingerprint density at radius 3 is 2.76 bits per heavy atom. The molecule has 5 heteroatoms. The van der Waals surface area contributed by atoms with Crippen molar-refractivity contribution in [3.05, 3.63) is 35.9 Å². The van der Waals surface area contributed by atoms with Gasteiger partial charge in [0.1, 0.15) is 6.04 Å². The van der Waals surface area contributed by atoms with E-state index in [1.165, 1.54) is 5.06 Å². The summed E-state index contributed by atoms with van der Waals surface area (Å²) in [6, 6.07) is 8.75. The lowest BCUT2D eigenvalue weighted by Gasteiger charge is -2.20. The summed E-state index contributed by atoms with van der Waals surface area (Å²) in [7, 11) is 0. The molecule has 0 radical (unpaired) electrons. The fraction of sp³-hybridized carbons (Fsp3) is 0.417. The predicted octanol–water partition coefficient (Wildman–Crippen LogP) is 0.638. The molecule has 2 atom stereocenters. The second-order valence-corrected chi connectivity index (χ2v) is 4.10. The van der Waals surface area contributed by atoms with E-state index in [2.05, 4.69) is 0 Å². The fourth-order valence-corrected chi connectivity index (χ4v) is 1.88. The van der Waals surface area contributed by atoms with E-state index in [0.717, 1.165) is 5.56 Å². The molecule has 2 N–H and O–H groups in total. The number of hydrogen-bond donors (Lipinski definition) is 2. The maximum absolute atomic E-state index is 10.9. The molecule has 1 aliphatic heterocycles. The smallest absolute Gasteiger partial charge is 0.323 e. The minimum Gasteiger partial charge on any atom is -0.480 e. The van der Waals surface area contributed by atoms with E-state index in [1.54, 1.807) is 0 Å². The Balaban J connectivity index is 1.92. The Morgan fingerprint density at radius 1 is 1.41 bits per heavy atom. The van der Waals surface area contributed by atoms with Crippen molar-refractivity contribution in [2.75, 3.05) is 6.54 Å². The molecule has 0 spiro atoms. The van der Waals surface area contributed by atoms with Crippen LogP contribution in [0.15, 0.2) is 30.3 Å². The molecule has 1 saturated heterocycles. The van der Waals surface area contributed by atoms with Gasteiger partial charge in [-0.25, -0.2) is 0 Å². The van der Waals surface area contributed by atoms with Gasteiger partial charge in [-0.3, -0.25) is 9.63 Å². The lowest BCUT2D eigenvalue weighted by Crippen LogP contribution is -2.35. The van der Waals surface area contributed by atoms with E-state index in [9.17, 15) is 9.90 Å². The summed E-state index contributed by atoms with van der Waals surface area (Å²) < 4.78 is 0. The van der Waals surface area contributed by atoms with Gasteiger partial charge in [0, 0.05) is 6.42 Å². The lowest BCUT2D eigenvalue weighted by molar-refractivity contribution is -0.194. The van der Waals surface area contributed by atoms with E-state index in [1.807, 2.05) is 30.3 Å². The molecule has 1 unspecified atom stereocenters. The van der Waals surface area contributed by atoms with Gasteiger partial charge in [-0.05, 0) is 5.56 Å². The molecule has 1 aromatic carbocycles. The zero-order valence-electron chi connectivity index (χ0n) is 9.32. The molecule has 92 valence electrons. The molecule has 0 bridgehead atoms. The maximum Gasteiger partial charge on any atom is 0.323 e. The number of rotatable bonds is 4. The molecule has 2 rings (SSSR count). The Labute approximate surface area is 99.2 Å². The van der Waals surface area contributed by atoms with Crippen LogP contribution in [0.4, 0.5) is 0 Å². The number of aliphatic hydroxyl groups is 1. The van der Waals surface area contributed by atoms with Gasteiger partial charge < -0.3 is 10.2 Å². The van der Waals surface area contributed by atoms with Crippen molar-refractivity contribution in [1.29, 1.82) is 0 Å². The van der Waals surface area contributed by atoms with Gasteiger partial charge >= 0.3 is 5.97 Å². The van der Waals surface area contributed by atoms with Gasteiger partial charge in [0.2, 0.25) is 0 Å². The van der Waals surface area contributed by atoms with Crippen LogP contribution in [0.2, 0.25) is 0 Å². The lowest BCUT2D eigenvalue weighted by atomic mass is 10.2. The van der Waals surface area contributed by atoms with Crippen LogP contribution in [0.1, 0.15) is 12.0 Å². The second-order valence-electron chi connectivity index (χ2n) is 4.10. The first-order chi connectivity index (χ1) is 8.16. The number of nitrogens with zero attached hydrogens (tertiary/aromatic N) is 1. The molecule has 0 amide bonds. The molecular weight excluding hydrogens is 222 g/mol. The summed E-state index contributed by atoms with van der Waals surface area (Å²) in [5.41, 5.74) is 0.970. The Hall–Kier alpha value is -1.43. The Morgan fingerprint density at radius 2 is 2.12 bits per heavy atom. The highest BCUT2D eigenvalue weighted by Gasteiger charge is 2.36. The number of hydroxylamine groups is 2. The first kappa shape index (κ1) is 12.0. The Bertz CT molecular complexity index is 381. The largest absolute Gasteiger partial charge is 0.480 e. The number of aliphatic hydroxyl groups excluding tert-OH is 1. The summed E-state index contributed by atoms with van der Waals surface area (Å²) in [6.07, 6.45) is -0.420. The monoisotopic (exact) mass is 237 g/mol. The minimum atomic E-state index is -0.963. The maximum atomic E-state index is 10.9. The van der Waals surface area contributed by atoms with Crippen molar-refractivity contribution in [2.24, 2.45) is 0 Å². The van der Waals surface area contributed by atoms with Crippen molar-refractivity contribution < 1.29 is 19.8 Å². The zero-order chi connectivity index (χ0) is 12.3. The molecule has 5 nitrogen and oxygen atoms in total. The van der Waals surface area contributed by atoms with E-state index in [0.29, 0.717) is 6.61 Å². The van der Waals surface area contributed by atoms with Gasteiger partial charge in [-0.1, -0.05) is 30.3 Å². The van der Waals surface area contributed by atoms with Crippen molar-refractivity contribution in [1.82, 2.24) is 5.06 Å². The minimum absolute atomic E-state index is 0.212. The first-order valence-electron chi connectivity index (χ1n) is 5.51. The topological polar surface area (TPSA) is 70.0 Å². The van der Waals surface area contributed by atoms with Crippen LogP contribution in [-0.2, 0) is 16.2 Å². The highest BCUT2D eigenvalue weighted by Crippen LogP contribution is 2.19. The van der Waals surface area contributed by atoms with Gasteiger partial charge in [0.05, 0.1) is 19.3 Å². The normalized spacial score (nSPS) is 25.0. The Kier molecular flexibility index (Phi) is 3.73.